The predicted molar refractivity (Wildman–Crippen MR) is 151 cm³/mol. The van der Waals surface area contributed by atoms with Crippen LogP contribution in [0, 0.1) is 18.8 Å². The van der Waals surface area contributed by atoms with E-state index in [4.69, 9.17) is 0 Å². The fourth-order valence-electron chi connectivity index (χ4n) is 4.82. The van der Waals surface area contributed by atoms with Crippen molar-refractivity contribution in [2.24, 2.45) is 11.8 Å². The molecule has 0 bridgehead atoms. The smallest absolute Gasteiger partial charge is 0.364 e. The van der Waals surface area contributed by atoms with Gasteiger partial charge in [0, 0.05) is 12.3 Å². The van der Waals surface area contributed by atoms with Crippen LogP contribution in [0.2, 0.25) is 0 Å². The molecule has 210 valence electrons. The molecule has 0 spiro atoms. The molecule has 0 aliphatic rings. The number of quaternary nitrogens is 1. The quantitative estimate of drug-likeness (QED) is 0.223. The van der Waals surface area contributed by atoms with Gasteiger partial charge in [-0.2, -0.15) is 8.42 Å². The number of carbonyl (C=O) groups excluding carboxylic acids is 1. The maximum atomic E-state index is 14.4. The highest BCUT2D eigenvalue weighted by atomic mass is 32.2. The molecule has 2 rings (SSSR count). The molecule has 1 amide bonds. The lowest BCUT2D eigenvalue weighted by Crippen LogP contribution is -2.66. The number of unbranched alkanes of at least 4 members (excludes halogenated alkanes) is 1. The van der Waals surface area contributed by atoms with Gasteiger partial charge in [0.05, 0.1) is 6.42 Å². The van der Waals surface area contributed by atoms with E-state index in [1.807, 2.05) is 51.1 Å². The molecule has 0 aliphatic carbocycles. The molecular weight excluding hydrogens is 500 g/mol. The van der Waals surface area contributed by atoms with Crippen LogP contribution in [0.25, 0.3) is 0 Å². The van der Waals surface area contributed by atoms with E-state index in [-0.39, 0.29) is 30.2 Å². The van der Waals surface area contributed by atoms with Crippen LogP contribution in [-0.2, 0) is 26.0 Å². The molecule has 38 heavy (non-hydrogen) atoms. The minimum Gasteiger partial charge on any atom is -0.477 e. The maximum Gasteiger partial charge on any atom is 0.364 e. The van der Waals surface area contributed by atoms with Gasteiger partial charge in [-0.1, -0.05) is 75.7 Å². The van der Waals surface area contributed by atoms with Gasteiger partial charge in [0.25, 0.3) is 0 Å². The van der Waals surface area contributed by atoms with E-state index in [1.165, 1.54) is 12.1 Å². The molecule has 2 N–H and O–H groups in total. The summed E-state index contributed by atoms with van der Waals surface area (Å²) in [4.78, 5) is 26.9. The number of hydrogen-bond donors (Lipinski definition) is 2. The van der Waals surface area contributed by atoms with Crippen molar-refractivity contribution >= 4 is 21.9 Å². The van der Waals surface area contributed by atoms with Gasteiger partial charge in [0.2, 0.25) is 6.04 Å². The summed E-state index contributed by atoms with van der Waals surface area (Å²) in [7, 11) is -4.39. The average molecular weight is 546 g/mol. The lowest BCUT2D eigenvalue weighted by molar-refractivity contribution is -0.753. The molecule has 2 atom stereocenters. The summed E-state index contributed by atoms with van der Waals surface area (Å²) >= 11 is 0. The second kappa shape index (κ2) is 14.6. The topological polar surface area (TPSA) is 101 Å². The number of carbonyl (C=O) groups is 2. The van der Waals surface area contributed by atoms with Gasteiger partial charge in [-0.25, -0.2) is 9.59 Å². The molecule has 0 aromatic heterocycles. The highest BCUT2D eigenvalue weighted by Gasteiger charge is 2.58. The summed E-state index contributed by atoms with van der Waals surface area (Å²) in [5.74, 6) is -1.57. The van der Waals surface area contributed by atoms with Gasteiger partial charge in [0.15, 0.2) is 0 Å². The summed E-state index contributed by atoms with van der Waals surface area (Å²) < 4.78 is 27.7. The Morgan fingerprint density at radius 3 is 2.11 bits per heavy atom. The van der Waals surface area contributed by atoms with E-state index in [9.17, 15) is 23.1 Å². The molecule has 0 aliphatic heterocycles. The summed E-state index contributed by atoms with van der Waals surface area (Å²) in [6, 6.07) is 14.3. The van der Waals surface area contributed by atoms with Gasteiger partial charge in [0.1, 0.15) is 11.4 Å². The zero-order chi connectivity index (χ0) is 28.3. The normalized spacial score (nSPS) is 14.4. The Morgan fingerprint density at radius 2 is 1.55 bits per heavy atom. The van der Waals surface area contributed by atoms with Crippen molar-refractivity contribution in [3.63, 3.8) is 0 Å². The Morgan fingerprint density at radius 1 is 0.921 bits per heavy atom. The number of rotatable bonds is 16. The minimum atomic E-state index is -4.39. The third kappa shape index (κ3) is 8.22. The van der Waals surface area contributed by atoms with Crippen LogP contribution in [0.15, 0.2) is 59.5 Å². The summed E-state index contributed by atoms with van der Waals surface area (Å²) in [6.45, 7) is 11.2. The summed E-state index contributed by atoms with van der Waals surface area (Å²) in [5, 5.41) is 13.8. The molecule has 2 aromatic rings. The van der Waals surface area contributed by atoms with Gasteiger partial charge in [-0.05, 0) is 62.9 Å². The monoisotopic (exact) mass is 545 g/mol. The number of amides is 1. The van der Waals surface area contributed by atoms with Gasteiger partial charge >= 0.3 is 21.9 Å². The standard InChI is InChI=1S/C30H44N2O5S/c1-23(2)21-31-20-10-9-13-28(30(34)35)32(22-24(3)4,29(33)19-16-26-11-7-6-8-12-26)38(36,37)27-17-14-25(5)15-18-27/h6-8,11-12,14-15,17-18,23-24,28,31H,9-10,13,16,19-22H2,1-5H3/p+1. The van der Waals surface area contributed by atoms with Crippen LogP contribution in [0.5, 0.6) is 0 Å². The number of nitrogens with one attached hydrogen (secondary N) is 1. The van der Waals surface area contributed by atoms with E-state index in [0.29, 0.717) is 31.7 Å². The molecule has 0 saturated carbocycles. The number of carboxylic acids is 1. The number of aliphatic carboxylic acids is 1. The summed E-state index contributed by atoms with van der Waals surface area (Å²) in [6.07, 6.45) is 1.55. The summed E-state index contributed by atoms with van der Waals surface area (Å²) in [5.41, 5.74) is 1.78. The first-order valence-corrected chi connectivity index (χ1v) is 15.1. The highest BCUT2D eigenvalue weighted by molar-refractivity contribution is 7.86. The third-order valence-corrected chi connectivity index (χ3v) is 9.03. The number of aryl methyl sites for hydroxylation is 2. The first-order valence-electron chi connectivity index (χ1n) is 13.6. The second-order valence-electron chi connectivity index (χ2n) is 11.0. The van der Waals surface area contributed by atoms with E-state index in [0.717, 1.165) is 17.7 Å². The lowest BCUT2D eigenvalue weighted by Gasteiger charge is -2.40. The molecule has 2 aromatic carbocycles. The Bertz CT molecular complexity index is 1130. The maximum absolute atomic E-state index is 14.4. The van der Waals surface area contributed by atoms with Crippen molar-refractivity contribution < 1.29 is 27.0 Å². The molecule has 0 fully saturated rings. The van der Waals surface area contributed by atoms with E-state index in [1.54, 1.807) is 12.1 Å². The number of sulfonamides is 1. The van der Waals surface area contributed by atoms with Crippen molar-refractivity contribution in [1.82, 2.24) is 5.32 Å². The van der Waals surface area contributed by atoms with Crippen LogP contribution in [0.3, 0.4) is 0 Å². The van der Waals surface area contributed by atoms with Gasteiger partial charge < -0.3 is 10.4 Å². The van der Waals surface area contributed by atoms with Crippen LogP contribution in [0.4, 0.5) is 0 Å². The molecule has 2 unspecified atom stereocenters. The molecule has 8 heteroatoms. The number of carboxylic acid groups (broad SMARTS) is 1. The Hall–Kier alpha value is -2.55. The van der Waals surface area contributed by atoms with E-state index in [2.05, 4.69) is 19.2 Å². The Balaban J connectivity index is 2.53. The average Bonchev–Trinajstić information content (AvgIpc) is 2.86. The molecular formula is C30H45N2O5S+. The highest BCUT2D eigenvalue weighted by Crippen LogP contribution is 2.34. The number of hydrogen-bond acceptors (Lipinski definition) is 5. The molecule has 0 saturated heterocycles. The van der Waals surface area contributed by atoms with Crippen LogP contribution in [0.1, 0.15) is 64.5 Å². The van der Waals surface area contributed by atoms with Crippen molar-refractivity contribution in [3.05, 3.63) is 65.7 Å². The first-order chi connectivity index (χ1) is 17.9. The third-order valence-electron chi connectivity index (χ3n) is 6.70. The molecule has 0 radical (unpaired) electrons. The minimum absolute atomic E-state index is 0.0262. The van der Waals surface area contributed by atoms with Crippen molar-refractivity contribution in [2.75, 3.05) is 19.6 Å². The number of nitrogens with zero attached hydrogens (tertiary/aromatic N) is 1. The van der Waals surface area contributed by atoms with Crippen LogP contribution >= 0.6 is 0 Å². The molecule has 0 heterocycles. The Kier molecular flexibility index (Phi) is 12.1. The zero-order valence-corrected chi connectivity index (χ0v) is 24.3. The SMILES string of the molecule is Cc1ccc(S(=O)(=O)[N+](CC(C)C)(C(=O)CCc2ccccc2)C(CCCCNCC(C)C)C(=O)O)cc1. The van der Waals surface area contributed by atoms with E-state index >= 15 is 0 Å². The number of benzene rings is 2. The predicted octanol–water partition coefficient (Wildman–Crippen LogP) is 5.19. The van der Waals surface area contributed by atoms with Gasteiger partial charge in [-0.15, -0.1) is 3.89 Å². The molecule has 7 nitrogen and oxygen atoms in total. The fraction of sp³-hybridized carbons (Fsp3) is 0.533. The van der Waals surface area contributed by atoms with Crippen LogP contribution < -0.4 is 5.32 Å². The van der Waals surface area contributed by atoms with E-state index < -0.39 is 31.8 Å². The largest absolute Gasteiger partial charge is 0.477 e. The van der Waals surface area contributed by atoms with Crippen molar-refractivity contribution in [1.29, 1.82) is 0 Å². The lowest BCUT2D eigenvalue weighted by atomic mass is 10.0. The zero-order valence-electron chi connectivity index (χ0n) is 23.5. The van der Waals surface area contributed by atoms with Crippen LogP contribution in [-0.4, -0.2) is 55.0 Å². The Labute approximate surface area is 228 Å². The van der Waals surface area contributed by atoms with Crippen molar-refractivity contribution in [3.8, 4) is 0 Å². The second-order valence-corrected chi connectivity index (χ2v) is 13.1. The van der Waals surface area contributed by atoms with Gasteiger partial charge in [-0.3, -0.25) is 0 Å². The fourth-order valence-corrected chi connectivity index (χ4v) is 7.06. The first kappa shape index (κ1) is 31.7. The van der Waals surface area contributed by atoms with Crippen molar-refractivity contribution in [2.45, 2.75) is 77.7 Å².